The molecule has 1 atom stereocenters. The minimum atomic E-state index is 0.224. The van der Waals surface area contributed by atoms with Gasteiger partial charge in [0.1, 0.15) is 0 Å². The molecule has 3 heteroatoms. The summed E-state index contributed by atoms with van der Waals surface area (Å²) < 4.78 is 0. The summed E-state index contributed by atoms with van der Waals surface area (Å²) in [4.78, 5) is 2.53. The lowest BCUT2D eigenvalue weighted by Crippen LogP contribution is -2.58. The van der Waals surface area contributed by atoms with E-state index in [2.05, 4.69) is 51.4 Å². The summed E-state index contributed by atoms with van der Waals surface area (Å²) in [6.07, 6.45) is 2.50. The van der Waals surface area contributed by atoms with Gasteiger partial charge in [0.2, 0.25) is 0 Å². The number of rotatable bonds is 5. The highest BCUT2D eigenvalue weighted by Gasteiger charge is 2.42. The normalized spacial score (nSPS) is 28.9. The van der Waals surface area contributed by atoms with Crippen molar-refractivity contribution in [2.24, 2.45) is 17.1 Å². The molecule has 1 rings (SSSR count). The van der Waals surface area contributed by atoms with Crippen molar-refractivity contribution in [3.05, 3.63) is 0 Å². The summed E-state index contributed by atoms with van der Waals surface area (Å²) in [7, 11) is 2.26. The molecule has 1 heterocycles. The van der Waals surface area contributed by atoms with Crippen LogP contribution in [0.15, 0.2) is 0 Å². The Morgan fingerprint density at radius 1 is 1.29 bits per heavy atom. The maximum atomic E-state index is 6.11. The fourth-order valence-electron chi connectivity index (χ4n) is 2.73. The van der Waals surface area contributed by atoms with Gasteiger partial charge in [0, 0.05) is 17.8 Å². The van der Waals surface area contributed by atoms with E-state index in [9.17, 15) is 0 Å². The van der Waals surface area contributed by atoms with Crippen LogP contribution in [-0.4, -0.2) is 42.1 Å². The Bertz CT molecular complexity index is 240. The standard InChI is InChI=1S/C14H30N2S/c1-12(2)6-7-16(5)14(9-15)8-13(3,4)10-17-11-14/h12H,6-11,15H2,1-5H3. The maximum absolute atomic E-state index is 6.11. The third kappa shape index (κ3) is 4.15. The molecule has 2 nitrogen and oxygen atoms in total. The van der Waals surface area contributed by atoms with Gasteiger partial charge in [0.05, 0.1) is 0 Å². The highest BCUT2D eigenvalue weighted by Crippen LogP contribution is 2.41. The molecule has 2 N–H and O–H groups in total. The van der Waals surface area contributed by atoms with Crippen LogP contribution in [0.1, 0.15) is 40.5 Å². The van der Waals surface area contributed by atoms with Gasteiger partial charge in [-0.2, -0.15) is 11.8 Å². The largest absolute Gasteiger partial charge is 0.329 e. The lowest BCUT2D eigenvalue weighted by Gasteiger charge is -2.49. The molecule has 1 saturated heterocycles. The molecule has 0 aliphatic carbocycles. The molecular weight excluding hydrogens is 228 g/mol. The quantitative estimate of drug-likeness (QED) is 0.822. The Hall–Kier alpha value is 0.270. The molecule has 0 amide bonds. The van der Waals surface area contributed by atoms with Gasteiger partial charge < -0.3 is 5.73 Å². The Morgan fingerprint density at radius 2 is 1.94 bits per heavy atom. The average molecular weight is 258 g/mol. The summed E-state index contributed by atoms with van der Waals surface area (Å²) in [5.41, 5.74) is 6.76. The zero-order valence-electron chi connectivity index (χ0n) is 12.3. The van der Waals surface area contributed by atoms with Gasteiger partial charge in [-0.3, -0.25) is 4.90 Å². The molecule has 0 aromatic carbocycles. The summed E-state index contributed by atoms with van der Waals surface area (Å²) in [6.45, 7) is 11.3. The summed E-state index contributed by atoms with van der Waals surface area (Å²) >= 11 is 2.07. The summed E-state index contributed by atoms with van der Waals surface area (Å²) in [5, 5.41) is 0. The third-order valence-electron chi connectivity index (χ3n) is 3.90. The lowest BCUT2D eigenvalue weighted by molar-refractivity contribution is 0.0892. The van der Waals surface area contributed by atoms with Gasteiger partial charge in [-0.05, 0) is 43.5 Å². The first-order chi connectivity index (χ1) is 7.81. The van der Waals surface area contributed by atoms with Crippen molar-refractivity contribution >= 4 is 11.8 Å². The number of likely N-dealkylation sites (N-methyl/N-ethyl adjacent to an activating group) is 1. The zero-order valence-corrected chi connectivity index (χ0v) is 13.1. The number of hydrogen-bond acceptors (Lipinski definition) is 3. The molecule has 0 bridgehead atoms. The van der Waals surface area contributed by atoms with Gasteiger partial charge in [0.25, 0.3) is 0 Å². The highest BCUT2D eigenvalue weighted by atomic mass is 32.2. The average Bonchev–Trinajstić information content (AvgIpc) is 2.24. The number of nitrogens with two attached hydrogens (primary N) is 1. The fraction of sp³-hybridized carbons (Fsp3) is 1.00. The van der Waals surface area contributed by atoms with Crippen LogP contribution in [0.2, 0.25) is 0 Å². The van der Waals surface area contributed by atoms with Crippen LogP contribution in [0, 0.1) is 11.3 Å². The summed E-state index contributed by atoms with van der Waals surface area (Å²) in [5.74, 6) is 3.24. The van der Waals surface area contributed by atoms with E-state index in [0.29, 0.717) is 5.41 Å². The molecule has 1 unspecified atom stereocenters. The van der Waals surface area contributed by atoms with Crippen LogP contribution in [0.5, 0.6) is 0 Å². The monoisotopic (exact) mass is 258 g/mol. The molecule has 0 aromatic rings. The molecule has 0 radical (unpaired) electrons. The Morgan fingerprint density at radius 3 is 2.41 bits per heavy atom. The minimum Gasteiger partial charge on any atom is -0.329 e. The van der Waals surface area contributed by atoms with Crippen LogP contribution < -0.4 is 5.73 Å². The van der Waals surface area contributed by atoms with E-state index in [-0.39, 0.29) is 5.54 Å². The van der Waals surface area contributed by atoms with E-state index in [1.54, 1.807) is 0 Å². The van der Waals surface area contributed by atoms with Gasteiger partial charge >= 0.3 is 0 Å². The van der Waals surface area contributed by atoms with Crippen molar-refractivity contribution in [3.63, 3.8) is 0 Å². The van der Waals surface area contributed by atoms with Crippen LogP contribution in [0.3, 0.4) is 0 Å². The van der Waals surface area contributed by atoms with Gasteiger partial charge in [-0.1, -0.05) is 27.7 Å². The van der Waals surface area contributed by atoms with E-state index >= 15 is 0 Å². The van der Waals surface area contributed by atoms with Crippen LogP contribution in [0.4, 0.5) is 0 Å². The molecule has 0 aromatic heterocycles. The van der Waals surface area contributed by atoms with Crippen molar-refractivity contribution in [1.82, 2.24) is 4.90 Å². The summed E-state index contributed by atoms with van der Waals surface area (Å²) in [6, 6.07) is 0. The molecule has 1 fully saturated rings. The Balaban J connectivity index is 2.66. The molecule has 1 aliphatic rings. The van der Waals surface area contributed by atoms with E-state index in [1.807, 2.05) is 0 Å². The lowest BCUT2D eigenvalue weighted by atomic mass is 9.79. The number of thioether (sulfide) groups is 1. The topological polar surface area (TPSA) is 29.3 Å². The zero-order chi connectivity index (χ0) is 13.1. The SMILES string of the molecule is CC(C)CCN(C)C1(CN)CSCC(C)(C)C1. The maximum Gasteiger partial charge on any atom is 0.0424 e. The second kappa shape index (κ2) is 5.94. The Labute approximate surface area is 112 Å². The van der Waals surface area contributed by atoms with Gasteiger partial charge in [-0.25, -0.2) is 0 Å². The fourth-order valence-corrected chi connectivity index (χ4v) is 4.31. The van der Waals surface area contributed by atoms with Crippen molar-refractivity contribution in [3.8, 4) is 0 Å². The second-order valence-corrected chi connectivity index (χ2v) is 7.85. The van der Waals surface area contributed by atoms with E-state index in [1.165, 1.54) is 30.9 Å². The predicted molar refractivity (Wildman–Crippen MR) is 79.6 cm³/mol. The molecule has 0 saturated carbocycles. The molecule has 1 aliphatic heterocycles. The number of nitrogens with zero attached hydrogens (tertiary/aromatic N) is 1. The van der Waals surface area contributed by atoms with E-state index in [4.69, 9.17) is 5.73 Å². The van der Waals surface area contributed by atoms with E-state index in [0.717, 1.165) is 12.5 Å². The second-order valence-electron chi connectivity index (χ2n) is 6.87. The molecule has 0 spiro atoms. The number of hydrogen-bond donors (Lipinski definition) is 1. The molecular formula is C14H30N2S. The Kier molecular flexibility index (Phi) is 5.36. The molecule has 17 heavy (non-hydrogen) atoms. The van der Waals surface area contributed by atoms with Crippen molar-refractivity contribution in [2.75, 3.05) is 31.6 Å². The first-order valence-corrected chi connectivity index (χ1v) is 7.96. The predicted octanol–water partition coefficient (Wildman–Crippen LogP) is 2.82. The van der Waals surface area contributed by atoms with Crippen molar-refractivity contribution in [1.29, 1.82) is 0 Å². The first kappa shape index (κ1) is 15.3. The highest BCUT2D eigenvalue weighted by molar-refractivity contribution is 7.99. The van der Waals surface area contributed by atoms with Crippen LogP contribution in [-0.2, 0) is 0 Å². The van der Waals surface area contributed by atoms with Gasteiger partial charge in [0.15, 0.2) is 0 Å². The van der Waals surface area contributed by atoms with Crippen LogP contribution in [0.25, 0.3) is 0 Å². The van der Waals surface area contributed by atoms with Gasteiger partial charge in [-0.15, -0.1) is 0 Å². The van der Waals surface area contributed by atoms with Crippen molar-refractivity contribution < 1.29 is 0 Å². The molecule has 102 valence electrons. The smallest absolute Gasteiger partial charge is 0.0424 e. The minimum absolute atomic E-state index is 0.224. The third-order valence-corrected chi connectivity index (χ3v) is 5.63. The van der Waals surface area contributed by atoms with Crippen molar-refractivity contribution in [2.45, 2.75) is 46.1 Å². The van der Waals surface area contributed by atoms with E-state index < -0.39 is 0 Å². The first-order valence-electron chi connectivity index (χ1n) is 6.80. The van der Waals surface area contributed by atoms with Crippen LogP contribution >= 0.6 is 11.8 Å².